The van der Waals surface area contributed by atoms with Gasteiger partial charge in [-0.2, -0.15) is 0 Å². The lowest BCUT2D eigenvalue weighted by molar-refractivity contribution is -0.116. The average Bonchev–Trinajstić information content (AvgIpc) is 3.63. The lowest BCUT2D eigenvalue weighted by atomic mass is 9.87. The number of methoxy groups -OCH3 is 2. The zero-order valence-electron chi connectivity index (χ0n) is 28.8. The zero-order chi connectivity index (χ0) is 35.3. The molecule has 50 heavy (non-hydrogen) atoms. The summed E-state index contributed by atoms with van der Waals surface area (Å²) >= 11 is 1.79. The molecule has 2 aromatic carbocycles. The third-order valence-corrected chi connectivity index (χ3v) is 10.9. The fraction of sp³-hybridized carbons (Fsp3) is 0.474. The third kappa shape index (κ3) is 11.1. The molecule has 2 N–H and O–H groups in total. The Morgan fingerprint density at radius 1 is 0.620 bits per heavy atom. The highest BCUT2D eigenvalue weighted by Gasteiger charge is 2.26. The van der Waals surface area contributed by atoms with Crippen LogP contribution in [0.3, 0.4) is 0 Å². The van der Waals surface area contributed by atoms with Gasteiger partial charge in [-0.3, -0.25) is 29.8 Å². The van der Waals surface area contributed by atoms with E-state index in [0.29, 0.717) is 34.5 Å². The van der Waals surface area contributed by atoms with Crippen LogP contribution in [-0.4, -0.2) is 49.7 Å². The van der Waals surface area contributed by atoms with Crippen molar-refractivity contribution in [2.45, 2.75) is 77.0 Å². The van der Waals surface area contributed by atoms with Gasteiger partial charge in [0.15, 0.2) is 0 Å². The second-order valence-electron chi connectivity index (χ2n) is 12.8. The number of imide groups is 2. The molecule has 2 aromatic rings. The summed E-state index contributed by atoms with van der Waals surface area (Å²) in [6.07, 6.45) is 18.9. The third-order valence-electron chi connectivity index (χ3n) is 9.31. The summed E-state index contributed by atoms with van der Waals surface area (Å²) in [7, 11) is 3.16. The van der Waals surface area contributed by atoms with Crippen molar-refractivity contribution < 1.29 is 38.1 Å². The molecule has 0 radical (unpaired) electrons. The molecule has 0 atom stereocenters. The van der Waals surface area contributed by atoms with Crippen LogP contribution in [-0.2, 0) is 9.59 Å². The molecule has 4 aliphatic rings. The van der Waals surface area contributed by atoms with Gasteiger partial charge in [-0.05, 0) is 84.6 Å². The van der Waals surface area contributed by atoms with Gasteiger partial charge in [-0.25, -0.2) is 0 Å². The van der Waals surface area contributed by atoms with Crippen molar-refractivity contribution in [2.24, 2.45) is 11.8 Å². The minimum atomic E-state index is -0.370. The zero-order valence-corrected chi connectivity index (χ0v) is 30.4. The Balaban J connectivity index is 0.000000194. The second-order valence-corrected chi connectivity index (χ2v) is 14.8. The Labute approximate surface area is 302 Å². The lowest BCUT2D eigenvalue weighted by Crippen LogP contribution is -2.17. The SMILES string of the molecule is COc1cc(OCCC2CCCCC2)ccc1C=C1SC(=O)NC1=O.COc1cc(OCCC2CCCCC2)ccc1C=C1SC(=O)NC1=O. The summed E-state index contributed by atoms with van der Waals surface area (Å²) in [5.74, 6) is 3.59. The molecule has 0 bridgehead atoms. The van der Waals surface area contributed by atoms with Gasteiger partial charge >= 0.3 is 0 Å². The van der Waals surface area contributed by atoms with E-state index in [4.69, 9.17) is 18.9 Å². The molecule has 10 nitrogen and oxygen atoms in total. The van der Waals surface area contributed by atoms with E-state index in [9.17, 15) is 19.2 Å². The summed E-state index contributed by atoms with van der Waals surface area (Å²) in [6.45, 7) is 1.42. The minimum Gasteiger partial charge on any atom is -0.496 e. The highest BCUT2D eigenvalue weighted by atomic mass is 32.2. The molecule has 2 heterocycles. The molecule has 0 unspecified atom stereocenters. The van der Waals surface area contributed by atoms with Crippen molar-refractivity contribution in [3.05, 3.63) is 57.3 Å². The predicted molar refractivity (Wildman–Crippen MR) is 198 cm³/mol. The quantitative estimate of drug-likeness (QED) is 0.205. The molecule has 2 saturated carbocycles. The van der Waals surface area contributed by atoms with Gasteiger partial charge in [0.05, 0.1) is 37.2 Å². The molecule has 12 heteroatoms. The first-order valence-corrected chi connectivity index (χ1v) is 19.1. The normalized spacial score (nSPS) is 20.0. The molecule has 0 aromatic heterocycles. The fourth-order valence-electron chi connectivity index (χ4n) is 6.56. The van der Waals surface area contributed by atoms with Crippen molar-refractivity contribution >= 4 is 58.0 Å². The van der Waals surface area contributed by atoms with Gasteiger partial charge in [-0.15, -0.1) is 0 Å². The Bertz CT molecular complexity index is 1480. The highest BCUT2D eigenvalue weighted by Crippen LogP contribution is 2.34. The Kier molecular flexibility index (Phi) is 14.1. The Morgan fingerprint density at radius 2 is 1.02 bits per heavy atom. The monoisotopic (exact) mass is 722 g/mol. The van der Waals surface area contributed by atoms with E-state index in [0.717, 1.165) is 70.8 Å². The van der Waals surface area contributed by atoms with Crippen molar-refractivity contribution in [2.75, 3.05) is 27.4 Å². The number of hydrogen-bond acceptors (Lipinski definition) is 10. The van der Waals surface area contributed by atoms with E-state index in [1.165, 1.54) is 64.2 Å². The molecule has 2 aliphatic heterocycles. The average molecular weight is 723 g/mol. The van der Waals surface area contributed by atoms with Crippen LogP contribution < -0.4 is 29.6 Å². The lowest BCUT2D eigenvalue weighted by Gasteiger charge is -2.21. The first-order valence-electron chi connectivity index (χ1n) is 17.4. The van der Waals surface area contributed by atoms with Crippen LogP contribution >= 0.6 is 23.5 Å². The molecular formula is C38H46N2O8S2. The molecular weight excluding hydrogens is 677 g/mol. The fourth-order valence-corrected chi connectivity index (χ4v) is 7.91. The number of amides is 4. The molecule has 6 rings (SSSR count). The standard InChI is InChI=1S/2C19H23NO4S/c2*1-23-16-12-15(24-10-9-13-5-3-2-4-6-13)8-7-14(16)11-17-18(21)20-19(22)25-17/h2*7-8,11-13H,2-6,9-10H2,1H3,(H,20,21,22). The van der Waals surface area contributed by atoms with Crippen LogP contribution in [0, 0.1) is 11.8 Å². The van der Waals surface area contributed by atoms with Crippen LogP contribution in [0.5, 0.6) is 23.0 Å². The van der Waals surface area contributed by atoms with E-state index in [2.05, 4.69) is 10.6 Å². The van der Waals surface area contributed by atoms with E-state index in [1.807, 2.05) is 36.4 Å². The van der Waals surface area contributed by atoms with E-state index >= 15 is 0 Å². The van der Waals surface area contributed by atoms with Crippen molar-refractivity contribution in [1.29, 1.82) is 0 Å². The van der Waals surface area contributed by atoms with Gasteiger partial charge in [0.2, 0.25) is 0 Å². The largest absolute Gasteiger partial charge is 0.496 e. The number of rotatable bonds is 12. The summed E-state index contributed by atoms with van der Waals surface area (Å²) in [5, 5.41) is 3.79. The van der Waals surface area contributed by atoms with E-state index in [1.54, 1.807) is 26.4 Å². The van der Waals surface area contributed by atoms with Gasteiger partial charge in [0.1, 0.15) is 23.0 Å². The highest BCUT2D eigenvalue weighted by molar-refractivity contribution is 8.18. The number of benzene rings is 2. The summed E-state index contributed by atoms with van der Waals surface area (Å²) in [5.41, 5.74) is 1.49. The summed E-state index contributed by atoms with van der Waals surface area (Å²) in [4.78, 5) is 46.6. The van der Waals surface area contributed by atoms with Crippen LogP contribution in [0.4, 0.5) is 9.59 Å². The second kappa shape index (κ2) is 18.9. The molecule has 4 fully saturated rings. The number of ether oxygens (including phenoxy) is 4. The van der Waals surface area contributed by atoms with Gasteiger partial charge in [-0.1, -0.05) is 64.2 Å². The van der Waals surface area contributed by atoms with Crippen LogP contribution in [0.1, 0.15) is 88.2 Å². The molecule has 2 aliphatic carbocycles. The summed E-state index contributed by atoms with van der Waals surface area (Å²) in [6, 6.07) is 11.1. The molecule has 2 saturated heterocycles. The maximum Gasteiger partial charge on any atom is 0.290 e. The topological polar surface area (TPSA) is 129 Å². The van der Waals surface area contributed by atoms with Crippen LogP contribution in [0.2, 0.25) is 0 Å². The number of nitrogens with one attached hydrogen (secondary N) is 2. The minimum absolute atomic E-state index is 0.349. The molecule has 0 spiro atoms. The number of carbonyl (C=O) groups excluding carboxylic acids is 4. The maximum atomic E-state index is 11.7. The van der Waals surface area contributed by atoms with E-state index in [-0.39, 0.29) is 22.3 Å². The smallest absolute Gasteiger partial charge is 0.290 e. The maximum absolute atomic E-state index is 11.7. The number of hydrogen-bond donors (Lipinski definition) is 2. The van der Waals surface area contributed by atoms with Gasteiger partial charge < -0.3 is 18.9 Å². The first kappa shape index (κ1) is 37.4. The first-order chi connectivity index (χ1) is 24.3. The number of thioether (sulfide) groups is 2. The van der Waals surface area contributed by atoms with Gasteiger partial charge in [0, 0.05) is 23.3 Å². The predicted octanol–water partition coefficient (Wildman–Crippen LogP) is 8.74. The van der Waals surface area contributed by atoms with E-state index < -0.39 is 0 Å². The van der Waals surface area contributed by atoms with Crippen molar-refractivity contribution in [1.82, 2.24) is 10.6 Å². The Morgan fingerprint density at radius 3 is 1.36 bits per heavy atom. The molecule has 4 amide bonds. The Hall–Kier alpha value is -3.90. The number of carbonyl (C=O) groups is 4. The van der Waals surface area contributed by atoms with Crippen molar-refractivity contribution in [3.63, 3.8) is 0 Å². The molecule has 268 valence electrons. The van der Waals surface area contributed by atoms with Crippen LogP contribution in [0.25, 0.3) is 12.2 Å². The summed E-state index contributed by atoms with van der Waals surface area (Å²) < 4.78 is 22.6. The van der Waals surface area contributed by atoms with Crippen molar-refractivity contribution in [3.8, 4) is 23.0 Å². The van der Waals surface area contributed by atoms with Crippen LogP contribution in [0.15, 0.2) is 46.2 Å². The van der Waals surface area contributed by atoms with Gasteiger partial charge in [0.25, 0.3) is 22.3 Å².